The largest absolute Gasteiger partial charge is 0.523 e. The molecule has 3 atom stereocenters. The maximum Gasteiger partial charge on any atom is 0.523 e. The van der Waals surface area contributed by atoms with Crippen LogP contribution in [0.1, 0.15) is 6.42 Å². The first-order valence-corrected chi connectivity index (χ1v) is 6.11. The van der Waals surface area contributed by atoms with Gasteiger partial charge in [-0.05, 0) is 0 Å². The van der Waals surface area contributed by atoms with Gasteiger partial charge in [0.1, 0.15) is 6.10 Å². The molecule has 0 aromatic heterocycles. The highest BCUT2D eigenvalue weighted by Gasteiger charge is 2.51. The zero-order valence-corrected chi connectivity index (χ0v) is 10.0. The Morgan fingerprint density at radius 3 is 2.50 bits per heavy atom. The van der Waals surface area contributed by atoms with Gasteiger partial charge in [-0.3, -0.25) is 4.18 Å². The summed E-state index contributed by atoms with van der Waals surface area (Å²) in [5.74, 6) is 0. The highest BCUT2D eigenvalue weighted by molar-refractivity contribution is 7.87. The van der Waals surface area contributed by atoms with E-state index in [0.717, 1.165) is 7.11 Å². The number of hydrogen-bond acceptors (Lipinski definition) is 6. The molecule has 0 spiro atoms. The van der Waals surface area contributed by atoms with Gasteiger partial charge in [-0.1, -0.05) is 0 Å². The van der Waals surface area contributed by atoms with E-state index in [1.54, 1.807) is 0 Å². The van der Waals surface area contributed by atoms with Crippen LogP contribution in [0.15, 0.2) is 0 Å². The molecule has 0 aromatic carbocycles. The molecule has 18 heavy (non-hydrogen) atoms. The molecular formula is C7H10BF3O6S. The molecule has 104 valence electrons. The minimum Gasteiger partial charge on any atom is -0.445 e. The molecule has 0 aliphatic carbocycles. The number of hydrogen-bond donors (Lipinski definition) is 0. The highest BCUT2D eigenvalue weighted by Crippen LogP contribution is 2.31. The second-order valence-corrected chi connectivity index (χ2v) is 5.03. The van der Waals surface area contributed by atoms with Crippen LogP contribution in [-0.4, -0.2) is 54.2 Å². The number of alkyl halides is 3. The summed E-state index contributed by atoms with van der Waals surface area (Å²) in [6, 6.07) is 0. The zero-order valence-electron chi connectivity index (χ0n) is 9.22. The SMILES string of the molecule is [B]OCC1CC(OS(=O)(=O)C(F)(F)F)C(OC)O1. The second kappa shape index (κ2) is 5.74. The second-order valence-electron chi connectivity index (χ2n) is 3.47. The normalized spacial score (nSPS) is 29.7. The van der Waals surface area contributed by atoms with Crippen LogP contribution in [0.4, 0.5) is 13.2 Å². The Bertz CT molecular complexity index is 372. The van der Waals surface area contributed by atoms with Gasteiger partial charge in [-0.25, -0.2) is 0 Å². The fourth-order valence-electron chi connectivity index (χ4n) is 1.43. The summed E-state index contributed by atoms with van der Waals surface area (Å²) in [7, 11) is 0.228. The Balaban J connectivity index is 2.72. The van der Waals surface area contributed by atoms with Gasteiger partial charge in [0, 0.05) is 13.5 Å². The molecule has 6 nitrogen and oxygen atoms in total. The van der Waals surface area contributed by atoms with E-state index in [1.807, 2.05) is 0 Å². The smallest absolute Gasteiger partial charge is 0.445 e. The van der Waals surface area contributed by atoms with E-state index in [1.165, 1.54) is 0 Å². The van der Waals surface area contributed by atoms with Gasteiger partial charge in [0.2, 0.25) is 0 Å². The van der Waals surface area contributed by atoms with Crippen molar-refractivity contribution >= 4 is 18.2 Å². The Morgan fingerprint density at radius 2 is 2.06 bits per heavy atom. The molecule has 1 aliphatic heterocycles. The van der Waals surface area contributed by atoms with Gasteiger partial charge < -0.3 is 14.1 Å². The van der Waals surface area contributed by atoms with Crippen LogP contribution >= 0.6 is 0 Å². The number of halogens is 3. The average molecular weight is 290 g/mol. The van der Waals surface area contributed by atoms with Crippen molar-refractivity contribution in [2.45, 2.75) is 30.4 Å². The Labute approximate surface area is 103 Å². The maximum atomic E-state index is 12.1. The van der Waals surface area contributed by atoms with E-state index >= 15 is 0 Å². The van der Waals surface area contributed by atoms with Crippen molar-refractivity contribution in [3.63, 3.8) is 0 Å². The number of methoxy groups -OCH3 is 1. The topological polar surface area (TPSA) is 71.1 Å². The lowest BCUT2D eigenvalue weighted by Gasteiger charge is -2.17. The molecule has 2 radical (unpaired) electrons. The van der Waals surface area contributed by atoms with Crippen molar-refractivity contribution in [1.29, 1.82) is 0 Å². The molecule has 3 unspecified atom stereocenters. The minimum atomic E-state index is -5.69. The van der Waals surface area contributed by atoms with Gasteiger partial charge in [0.05, 0.1) is 12.7 Å². The van der Waals surface area contributed by atoms with E-state index in [4.69, 9.17) is 12.8 Å². The molecule has 1 aliphatic rings. The van der Waals surface area contributed by atoms with E-state index in [0.29, 0.717) is 0 Å². The van der Waals surface area contributed by atoms with Crippen molar-refractivity contribution in [2.24, 2.45) is 0 Å². The summed E-state index contributed by atoms with van der Waals surface area (Å²) < 4.78 is 76.0. The zero-order chi connectivity index (χ0) is 14.0. The lowest BCUT2D eigenvalue weighted by Crippen LogP contribution is -2.34. The third-order valence-electron chi connectivity index (χ3n) is 2.17. The van der Waals surface area contributed by atoms with Crippen LogP contribution in [0.25, 0.3) is 0 Å². The van der Waals surface area contributed by atoms with Gasteiger partial charge in [-0.15, -0.1) is 0 Å². The first-order chi connectivity index (χ1) is 8.21. The summed E-state index contributed by atoms with van der Waals surface area (Å²) in [5.41, 5.74) is -5.49. The molecular weight excluding hydrogens is 280 g/mol. The number of rotatable bonds is 5. The molecule has 1 saturated heterocycles. The van der Waals surface area contributed by atoms with Crippen molar-refractivity contribution < 1.29 is 39.9 Å². The molecule has 0 bridgehead atoms. The standard InChI is InChI=1S/C7H10BF3O6S/c1-14-6-5(2-4(16-6)3-15-8)17-18(12,13)7(9,10)11/h4-6H,2-3H2,1H3. The van der Waals surface area contributed by atoms with Crippen LogP contribution in [-0.2, 0) is 28.4 Å². The maximum absolute atomic E-state index is 12.1. The predicted octanol–water partition coefficient (Wildman–Crippen LogP) is 0.0827. The van der Waals surface area contributed by atoms with Crippen LogP contribution in [0, 0.1) is 0 Å². The third-order valence-corrected chi connectivity index (χ3v) is 3.24. The first kappa shape index (κ1) is 15.7. The Morgan fingerprint density at radius 1 is 1.44 bits per heavy atom. The summed E-state index contributed by atoms with van der Waals surface area (Å²) in [6.45, 7) is -0.119. The average Bonchev–Trinajstić information content (AvgIpc) is 2.58. The molecule has 0 aromatic rings. The molecule has 1 fully saturated rings. The van der Waals surface area contributed by atoms with Gasteiger partial charge in [-0.2, -0.15) is 21.6 Å². The summed E-state index contributed by atoms with van der Waals surface area (Å²) in [6.07, 6.45) is -3.48. The summed E-state index contributed by atoms with van der Waals surface area (Å²) >= 11 is 0. The van der Waals surface area contributed by atoms with Crippen LogP contribution in [0.5, 0.6) is 0 Å². The van der Waals surface area contributed by atoms with Gasteiger partial charge in [0.15, 0.2) is 6.29 Å². The van der Waals surface area contributed by atoms with Crippen molar-refractivity contribution in [3.05, 3.63) is 0 Å². The van der Waals surface area contributed by atoms with Crippen LogP contribution in [0.3, 0.4) is 0 Å². The predicted molar refractivity (Wildman–Crippen MR) is 51.8 cm³/mol. The fraction of sp³-hybridized carbons (Fsp3) is 1.00. The minimum absolute atomic E-state index is 0.119. The van der Waals surface area contributed by atoms with E-state index in [-0.39, 0.29) is 13.0 Å². The Hall–Kier alpha value is -0.355. The molecule has 11 heteroatoms. The van der Waals surface area contributed by atoms with Crippen molar-refractivity contribution in [3.8, 4) is 0 Å². The van der Waals surface area contributed by atoms with E-state index < -0.39 is 34.1 Å². The van der Waals surface area contributed by atoms with E-state index in [2.05, 4.69) is 13.6 Å². The quantitative estimate of drug-likeness (QED) is 0.406. The first-order valence-electron chi connectivity index (χ1n) is 4.70. The van der Waals surface area contributed by atoms with Crippen LogP contribution in [0.2, 0.25) is 0 Å². The highest BCUT2D eigenvalue weighted by atomic mass is 32.2. The van der Waals surface area contributed by atoms with Gasteiger partial charge >= 0.3 is 15.6 Å². The lowest BCUT2D eigenvalue weighted by atomic mass is 10.2. The molecule has 0 saturated carbocycles. The van der Waals surface area contributed by atoms with Crippen LogP contribution < -0.4 is 0 Å². The fourth-order valence-corrected chi connectivity index (χ4v) is 2.03. The van der Waals surface area contributed by atoms with Crippen molar-refractivity contribution in [2.75, 3.05) is 13.7 Å². The Kier molecular flexibility index (Phi) is 5.01. The molecule has 1 rings (SSSR count). The summed E-state index contributed by atoms with van der Waals surface area (Å²) in [4.78, 5) is 0. The monoisotopic (exact) mass is 290 g/mol. The molecule has 0 N–H and O–H groups in total. The van der Waals surface area contributed by atoms with Gasteiger partial charge in [0.25, 0.3) is 8.05 Å². The molecule has 1 heterocycles. The lowest BCUT2D eigenvalue weighted by molar-refractivity contribution is -0.149. The third kappa shape index (κ3) is 3.57. The summed E-state index contributed by atoms with van der Waals surface area (Å²) in [5, 5.41) is 0. The van der Waals surface area contributed by atoms with Crippen molar-refractivity contribution in [1.82, 2.24) is 0 Å². The number of ether oxygens (including phenoxy) is 2. The van der Waals surface area contributed by atoms with E-state index in [9.17, 15) is 21.6 Å². The molecule has 0 amide bonds.